The minimum absolute atomic E-state index is 0.0303. The van der Waals surface area contributed by atoms with Crippen molar-refractivity contribution >= 4 is 29.3 Å². The molecule has 1 amide bonds. The Morgan fingerprint density at radius 3 is 2.52 bits per heavy atom. The number of benzene rings is 2. The van der Waals surface area contributed by atoms with Crippen LogP contribution in [0.15, 0.2) is 54.6 Å². The number of carbonyl (C=O) groups excluding carboxylic acids is 1. The van der Waals surface area contributed by atoms with E-state index in [1.165, 1.54) is 5.56 Å². The first-order chi connectivity index (χ1) is 10.2. The van der Waals surface area contributed by atoms with E-state index in [9.17, 15) is 4.79 Å². The number of hydrogen-bond acceptors (Lipinski definition) is 2. The van der Waals surface area contributed by atoms with E-state index in [2.05, 4.69) is 24.4 Å². The van der Waals surface area contributed by atoms with Gasteiger partial charge in [0, 0.05) is 16.8 Å². The van der Waals surface area contributed by atoms with Crippen molar-refractivity contribution in [2.45, 2.75) is 18.7 Å². The fraction of sp³-hybridized carbons (Fsp3) is 0.235. The molecule has 0 aliphatic heterocycles. The fourth-order valence-corrected chi connectivity index (χ4v) is 2.96. The predicted octanol–water partition coefficient (Wildman–Crippen LogP) is 4.45. The van der Waals surface area contributed by atoms with Gasteiger partial charge in [-0.2, -0.15) is 0 Å². The molecule has 0 spiro atoms. The molecule has 0 aliphatic carbocycles. The Bertz CT molecular complexity index is 588. The second-order valence-electron chi connectivity index (χ2n) is 4.73. The Kier molecular flexibility index (Phi) is 6.15. The van der Waals surface area contributed by atoms with Gasteiger partial charge >= 0.3 is 0 Å². The highest BCUT2D eigenvalue weighted by Crippen LogP contribution is 2.27. The van der Waals surface area contributed by atoms with Crippen LogP contribution in [0.4, 0.5) is 0 Å². The summed E-state index contributed by atoms with van der Waals surface area (Å²) < 4.78 is 0. The molecule has 0 aromatic heterocycles. The number of nitrogens with one attached hydrogen (secondary N) is 1. The third kappa shape index (κ3) is 5.10. The van der Waals surface area contributed by atoms with Crippen molar-refractivity contribution in [1.29, 1.82) is 0 Å². The number of hydrogen-bond donors (Lipinski definition) is 1. The highest BCUT2D eigenvalue weighted by molar-refractivity contribution is 8.00. The molecule has 2 aromatic carbocycles. The molecule has 0 heterocycles. The number of carbonyl (C=O) groups is 1. The van der Waals surface area contributed by atoms with Crippen LogP contribution in [0.1, 0.15) is 23.3 Å². The summed E-state index contributed by atoms with van der Waals surface area (Å²) in [6.07, 6.45) is 0. The monoisotopic (exact) mass is 319 g/mol. The first kappa shape index (κ1) is 15.9. The van der Waals surface area contributed by atoms with Crippen LogP contribution in [0.25, 0.3) is 0 Å². The molecule has 0 fully saturated rings. The van der Waals surface area contributed by atoms with Gasteiger partial charge in [0.05, 0.1) is 5.75 Å². The summed E-state index contributed by atoms with van der Waals surface area (Å²) in [5, 5.41) is 3.89. The van der Waals surface area contributed by atoms with Crippen LogP contribution >= 0.6 is 23.4 Å². The highest BCUT2D eigenvalue weighted by Gasteiger charge is 2.09. The van der Waals surface area contributed by atoms with Gasteiger partial charge in [-0.1, -0.05) is 60.1 Å². The maximum Gasteiger partial charge on any atom is 0.230 e. The van der Waals surface area contributed by atoms with Gasteiger partial charge in [0.25, 0.3) is 0 Å². The average molecular weight is 320 g/mol. The molecule has 1 N–H and O–H groups in total. The molecule has 110 valence electrons. The van der Waals surface area contributed by atoms with Crippen molar-refractivity contribution in [3.05, 3.63) is 70.7 Å². The largest absolute Gasteiger partial charge is 0.351 e. The standard InChI is InChI=1S/C17H18ClNOS/c1-13(14-7-3-2-4-8-14)21-12-17(20)19-11-15-9-5-6-10-16(15)18/h2-10,13H,11-12H2,1H3,(H,19,20)/t13-/m0/s1. The zero-order valence-corrected chi connectivity index (χ0v) is 13.5. The molecule has 0 radical (unpaired) electrons. The zero-order chi connectivity index (χ0) is 15.1. The zero-order valence-electron chi connectivity index (χ0n) is 11.9. The average Bonchev–Trinajstić information content (AvgIpc) is 2.52. The van der Waals surface area contributed by atoms with E-state index in [1.54, 1.807) is 11.8 Å². The third-order valence-corrected chi connectivity index (χ3v) is 4.74. The van der Waals surface area contributed by atoms with Crippen molar-refractivity contribution in [2.24, 2.45) is 0 Å². The van der Waals surface area contributed by atoms with E-state index in [0.717, 1.165) is 5.56 Å². The maximum atomic E-state index is 11.9. The SMILES string of the molecule is C[C@H](SCC(=O)NCc1ccccc1Cl)c1ccccc1. The number of amides is 1. The molecule has 2 rings (SSSR count). The van der Waals surface area contributed by atoms with Gasteiger partial charge in [-0.25, -0.2) is 0 Å². The fourth-order valence-electron chi connectivity index (χ4n) is 1.91. The smallest absolute Gasteiger partial charge is 0.230 e. The molecule has 0 saturated heterocycles. The number of thioether (sulfide) groups is 1. The van der Waals surface area contributed by atoms with Gasteiger partial charge in [0.1, 0.15) is 0 Å². The highest BCUT2D eigenvalue weighted by atomic mass is 35.5. The minimum atomic E-state index is 0.0303. The van der Waals surface area contributed by atoms with Gasteiger partial charge in [0.15, 0.2) is 0 Å². The molecule has 2 aromatic rings. The van der Waals surface area contributed by atoms with E-state index in [4.69, 9.17) is 11.6 Å². The lowest BCUT2D eigenvalue weighted by atomic mass is 10.2. The Morgan fingerprint density at radius 2 is 1.81 bits per heavy atom. The molecule has 0 saturated carbocycles. The summed E-state index contributed by atoms with van der Waals surface area (Å²) in [6, 6.07) is 17.7. The van der Waals surface area contributed by atoms with Crippen LogP contribution in [-0.2, 0) is 11.3 Å². The summed E-state index contributed by atoms with van der Waals surface area (Å²) in [5.74, 6) is 0.475. The predicted molar refractivity (Wildman–Crippen MR) is 90.6 cm³/mol. The Hall–Kier alpha value is -1.45. The second-order valence-corrected chi connectivity index (χ2v) is 6.47. The van der Waals surface area contributed by atoms with Gasteiger partial charge in [-0.15, -0.1) is 11.8 Å². The lowest BCUT2D eigenvalue weighted by molar-refractivity contribution is -0.118. The van der Waals surface area contributed by atoms with Gasteiger partial charge in [0.2, 0.25) is 5.91 Å². The van der Waals surface area contributed by atoms with Crippen LogP contribution in [0.2, 0.25) is 5.02 Å². The van der Waals surface area contributed by atoms with Crippen LogP contribution in [0.3, 0.4) is 0 Å². The summed E-state index contributed by atoms with van der Waals surface area (Å²) >= 11 is 7.69. The Morgan fingerprint density at radius 1 is 1.14 bits per heavy atom. The second kappa shape index (κ2) is 8.11. The van der Waals surface area contributed by atoms with E-state index in [0.29, 0.717) is 22.6 Å². The van der Waals surface area contributed by atoms with E-state index in [1.807, 2.05) is 42.5 Å². The molecule has 0 unspecified atom stereocenters. The van der Waals surface area contributed by atoms with E-state index in [-0.39, 0.29) is 5.91 Å². The molecule has 2 nitrogen and oxygen atoms in total. The summed E-state index contributed by atoms with van der Waals surface area (Å²) in [6.45, 7) is 2.58. The van der Waals surface area contributed by atoms with E-state index < -0.39 is 0 Å². The normalized spacial score (nSPS) is 11.9. The van der Waals surface area contributed by atoms with Gasteiger partial charge < -0.3 is 5.32 Å². The first-order valence-electron chi connectivity index (χ1n) is 6.83. The Labute approximate surface area is 134 Å². The molecule has 1 atom stereocenters. The molecule has 21 heavy (non-hydrogen) atoms. The topological polar surface area (TPSA) is 29.1 Å². The van der Waals surface area contributed by atoms with Crippen LogP contribution in [-0.4, -0.2) is 11.7 Å². The van der Waals surface area contributed by atoms with Crippen molar-refractivity contribution in [3.8, 4) is 0 Å². The minimum Gasteiger partial charge on any atom is -0.351 e. The van der Waals surface area contributed by atoms with Gasteiger partial charge in [-0.3, -0.25) is 4.79 Å². The molecule has 4 heteroatoms. The lowest BCUT2D eigenvalue weighted by Gasteiger charge is -2.12. The summed E-state index contributed by atoms with van der Waals surface area (Å²) in [4.78, 5) is 11.9. The van der Waals surface area contributed by atoms with Gasteiger partial charge in [-0.05, 0) is 24.1 Å². The quantitative estimate of drug-likeness (QED) is 0.852. The number of rotatable bonds is 6. The lowest BCUT2D eigenvalue weighted by Crippen LogP contribution is -2.25. The van der Waals surface area contributed by atoms with Crippen molar-refractivity contribution < 1.29 is 4.79 Å². The van der Waals surface area contributed by atoms with Crippen molar-refractivity contribution in [1.82, 2.24) is 5.32 Å². The maximum absolute atomic E-state index is 11.9. The number of halogens is 1. The van der Waals surface area contributed by atoms with Crippen molar-refractivity contribution in [2.75, 3.05) is 5.75 Å². The summed E-state index contributed by atoms with van der Waals surface area (Å²) in [7, 11) is 0. The van der Waals surface area contributed by atoms with E-state index >= 15 is 0 Å². The molecule has 0 aliphatic rings. The van der Waals surface area contributed by atoms with Crippen LogP contribution in [0, 0.1) is 0 Å². The first-order valence-corrected chi connectivity index (χ1v) is 8.26. The van der Waals surface area contributed by atoms with Crippen LogP contribution < -0.4 is 5.32 Å². The van der Waals surface area contributed by atoms with Crippen molar-refractivity contribution in [3.63, 3.8) is 0 Å². The Balaban J connectivity index is 1.76. The third-order valence-electron chi connectivity index (χ3n) is 3.17. The molecular weight excluding hydrogens is 302 g/mol. The van der Waals surface area contributed by atoms with Crippen LogP contribution in [0.5, 0.6) is 0 Å². The molecular formula is C17H18ClNOS. The molecule has 0 bridgehead atoms. The summed E-state index contributed by atoms with van der Waals surface area (Å²) in [5.41, 5.74) is 2.18.